The molecule has 0 saturated carbocycles. The number of rotatable bonds is 2. The minimum Gasteiger partial charge on any atom is -0.308 e. The van der Waals surface area contributed by atoms with Gasteiger partial charge in [0.2, 0.25) is 0 Å². The number of benzene rings is 7. The second-order valence-electron chi connectivity index (χ2n) is 12.5. The van der Waals surface area contributed by atoms with Gasteiger partial charge in [-0.3, -0.25) is 4.57 Å². The van der Waals surface area contributed by atoms with Gasteiger partial charge in [-0.1, -0.05) is 97.1 Å². The van der Waals surface area contributed by atoms with Gasteiger partial charge in [0, 0.05) is 43.3 Å². The maximum atomic E-state index is 9.57. The third-order valence-electron chi connectivity index (χ3n) is 10.0. The summed E-state index contributed by atoms with van der Waals surface area (Å²) in [5.74, 6) is 0.760. The number of hydrogen-bond acceptors (Lipinski definition) is 3. The minimum absolute atomic E-state index is 0.609. The number of aromatic nitrogens is 4. The fraction of sp³-hybridized carbons (Fsp3) is 0. The minimum atomic E-state index is 0.609. The molecule has 7 aromatic carbocycles. The molecule has 5 nitrogen and oxygen atoms in total. The molecule has 220 valence electrons. The van der Waals surface area contributed by atoms with Crippen LogP contribution in [0.4, 0.5) is 0 Å². The number of nitrogens with zero attached hydrogens (tertiary/aromatic N) is 5. The van der Waals surface area contributed by atoms with Gasteiger partial charge in [-0.05, 0) is 47.9 Å². The van der Waals surface area contributed by atoms with E-state index in [2.05, 4.69) is 106 Å². The zero-order valence-corrected chi connectivity index (χ0v) is 25.5. The van der Waals surface area contributed by atoms with Crippen molar-refractivity contribution in [3.05, 3.63) is 145 Å². The first kappa shape index (κ1) is 25.4. The summed E-state index contributed by atoms with van der Waals surface area (Å²) in [7, 11) is 0. The van der Waals surface area contributed by atoms with Crippen LogP contribution in [0, 0.1) is 11.3 Å². The summed E-state index contributed by atoms with van der Waals surface area (Å²) in [6.07, 6.45) is 0. The molecule has 5 heteroatoms. The lowest BCUT2D eigenvalue weighted by atomic mass is 10.0. The number of fused-ring (bicyclic) bond motifs is 13. The summed E-state index contributed by atoms with van der Waals surface area (Å²) in [5, 5.41) is 19.2. The van der Waals surface area contributed by atoms with E-state index in [1.165, 1.54) is 54.3 Å². The van der Waals surface area contributed by atoms with E-state index in [1.54, 1.807) is 0 Å². The Morgan fingerprint density at radius 2 is 1.17 bits per heavy atom. The molecule has 0 bridgehead atoms. The van der Waals surface area contributed by atoms with Gasteiger partial charge in [0.25, 0.3) is 0 Å². The zero-order chi connectivity index (χ0) is 31.5. The molecule has 0 aliphatic carbocycles. The number of para-hydroxylation sites is 4. The average molecular weight is 610 g/mol. The van der Waals surface area contributed by atoms with E-state index >= 15 is 0 Å². The van der Waals surface area contributed by atoms with E-state index in [9.17, 15) is 5.26 Å². The van der Waals surface area contributed by atoms with Crippen molar-refractivity contribution in [2.75, 3.05) is 0 Å². The summed E-state index contributed by atoms with van der Waals surface area (Å²) in [6, 6.07) is 51.0. The van der Waals surface area contributed by atoms with Crippen LogP contribution in [0.15, 0.2) is 140 Å². The van der Waals surface area contributed by atoms with Crippen molar-refractivity contribution in [2.45, 2.75) is 0 Å². The van der Waals surface area contributed by atoms with Gasteiger partial charge < -0.3 is 4.40 Å². The molecule has 0 unspecified atom stereocenters. The highest BCUT2D eigenvalue weighted by molar-refractivity contribution is 6.37. The maximum absolute atomic E-state index is 9.57. The molecule has 0 amide bonds. The number of nitriles is 1. The first-order valence-electron chi connectivity index (χ1n) is 16.1. The molecular formula is C43H23N5. The van der Waals surface area contributed by atoms with Gasteiger partial charge in [0.1, 0.15) is 5.69 Å². The van der Waals surface area contributed by atoms with E-state index in [-0.39, 0.29) is 0 Å². The van der Waals surface area contributed by atoms with Gasteiger partial charge in [-0.2, -0.15) is 5.26 Å². The molecule has 11 aromatic rings. The Bertz CT molecular complexity index is 3170. The summed E-state index contributed by atoms with van der Waals surface area (Å²) in [4.78, 5) is 10.7. The second-order valence-corrected chi connectivity index (χ2v) is 12.5. The van der Waals surface area contributed by atoms with Crippen molar-refractivity contribution in [3.8, 4) is 23.1 Å². The van der Waals surface area contributed by atoms with E-state index in [0.29, 0.717) is 5.56 Å². The molecule has 0 spiro atoms. The van der Waals surface area contributed by atoms with Crippen LogP contribution in [0.1, 0.15) is 5.56 Å². The molecule has 48 heavy (non-hydrogen) atoms. The van der Waals surface area contributed by atoms with Crippen molar-refractivity contribution in [1.29, 1.82) is 5.26 Å². The first-order valence-corrected chi connectivity index (χ1v) is 16.1. The maximum Gasteiger partial charge on any atom is 0.165 e. The summed E-state index contributed by atoms with van der Waals surface area (Å²) < 4.78 is 4.79. The lowest BCUT2D eigenvalue weighted by Crippen LogP contribution is -2.04. The standard InChI is InChI=1S/C43H23N5/c44-24-25-17-19-27(20-18-25)40-43(46-34-14-6-5-13-33(34)45-40)48-37-23-32-29-11-3-7-15-35(29)47-36-16-8-4-12-30(36)39(42(32)47)38(37)31-22-21-26-9-1-2-10-28(26)41(31)48/h1-23H. The molecule has 0 atom stereocenters. The third-order valence-corrected chi connectivity index (χ3v) is 10.0. The highest BCUT2D eigenvalue weighted by Crippen LogP contribution is 2.48. The van der Waals surface area contributed by atoms with Gasteiger partial charge >= 0.3 is 0 Å². The predicted octanol–water partition coefficient (Wildman–Crippen LogP) is 10.6. The molecular weight excluding hydrogens is 587 g/mol. The van der Waals surface area contributed by atoms with Crippen LogP contribution < -0.4 is 0 Å². The Labute approximate surface area is 273 Å². The lowest BCUT2D eigenvalue weighted by Gasteiger charge is -2.15. The van der Waals surface area contributed by atoms with Crippen molar-refractivity contribution >= 4 is 81.7 Å². The molecule has 0 radical (unpaired) electrons. The fourth-order valence-corrected chi connectivity index (χ4v) is 8.04. The van der Waals surface area contributed by atoms with Crippen molar-refractivity contribution < 1.29 is 0 Å². The largest absolute Gasteiger partial charge is 0.308 e. The molecule has 0 saturated heterocycles. The van der Waals surface area contributed by atoms with Crippen LogP contribution in [-0.4, -0.2) is 18.9 Å². The van der Waals surface area contributed by atoms with Gasteiger partial charge in [0.05, 0.1) is 50.2 Å². The highest BCUT2D eigenvalue weighted by Gasteiger charge is 2.26. The van der Waals surface area contributed by atoms with Crippen LogP contribution in [0.2, 0.25) is 0 Å². The molecule has 0 N–H and O–H groups in total. The Morgan fingerprint density at radius 3 is 1.96 bits per heavy atom. The third kappa shape index (κ3) is 3.18. The van der Waals surface area contributed by atoms with E-state index < -0.39 is 0 Å². The molecule has 4 heterocycles. The fourth-order valence-electron chi connectivity index (χ4n) is 8.04. The second kappa shape index (κ2) is 9.16. The Kier molecular flexibility index (Phi) is 4.85. The van der Waals surface area contributed by atoms with Gasteiger partial charge in [0.15, 0.2) is 5.82 Å². The predicted molar refractivity (Wildman–Crippen MR) is 196 cm³/mol. The Morgan fingerprint density at radius 1 is 0.500 bits per heavy atom. The summed E-state index contributed by atoms with van der Waals surface area (Å²) in [5.41, 5.74) is 9.78. The molecule has 0 aliphatic heterocycles. The smallest absolute Gasteiger partial charge is 0.165 e. The summed E-state index contributed by atoms with van der Waals surface area (Å²) in [6.45, 7) is 0. The quantitative estimate of drug-likeness (QED) is 0.196. The van der Waals surface area contributed by atoms with Crippen LogP contribution in [0.5, 0.6) is 0 Å². The van der Waals surface area contributed by atoms with Crippen molar-refractivity contribution in [3.63, 3.8) is 0 Å². The topological polar surface area (TPSA) is 58.9 Å². The molecule has 0 fully saturated rings. The molecule has 4 aromatic heterocycles. The Balaban J connectivity index is 1.43. The van der Waals surface area contributed by atoms with Crippen LogP contribution in [0.3, 0.4) is 0 Å². The number of hydrogen-bond donors (Lipinski definition) is 0. The lowest BCUT2D eigenvalue weighted by molar-refractivity contribution is 1.08. The van der Waals surface area contributed by atoms with Gasteiger partial charge in [-0.15, -0.1) is 0 Å². The van der Waals surface area contributed by atoms with E-state index in [4.69, 9.17) is 9.97 Å². The normalized spacial score (nSPS) is 12.1. The van der Waals surface area contributed by atoms with Crippen LogP contribution in [0.25, 0.3) is 98.8 Å². The summed E-state index contributed by atoms with van der Waals surface area (Å²) >= 11 is 0. The molecule has 0 aliphatic rings. The monoisotopic (exact) mass is 609 g/mol. The van der Waals surface area contributed by atoms with Crippen LogP contribution in [-0.2, 0) is 0 Å². The van der Waals surface area contributed by atoms with Crippen molar-refractivity contribution in [1.82, 2.24) is 18.9 Å². The van der Waals surface area contributed by atoms with Crippen LogP contribution >= 0.6 is 0 Å². The molecule has 11 rings (SSSR count). The van der Waals surface area contributed by atoms with E-state index in [0.717, 1.165) is 44.5 Å². The first-order chi connectivity index (χ1) is 23.8. The van der Waals surface area contributed by atoms with Gasteiger partial charge in [-0.25, -0.2) is 9.97 Å². The highest BCUT2D eigenvalue weighted by atomic mass is 15.1. The zero-order valence-electron chi connectivity index (χ0n) is 25.5. The van der Waals surface area contributed by atoms with Crippen molar-refractivity contribution in [2.24, 2.45) is 0 Å². The van der Waals surface area contributed by atoms with E-state index in [1.807, 2.05) is 48.5 Å². The SMILES string of the molecule is N#Cc1ccc(-c2nc3ccccc3nc2-n2c3cc4c5ccccc5n5c6ccccc6c(c3c3ccc6ccccc6c32)c45)cc1. The average Bonchev–Trinajstić information content (AvgIpc) is 3.79. The Hall–Kier alpha value is -6.77.